The van der Waals surface area contributed by atoms with Crippen LogP contribution in [0.2, 0.25) is 0 Å². The molecule has 3 aromatic rings. The van der Waals surface area contributed by atoms with Crippen molar-refractivity contribution in [2.24, 2.45) is 0 Å². The number of hydrogen-bond acceptors (Lipinski definition) is 4. The molecule has 0 aliphatic heterocycles. The monoisotopic (exact) mass is 484 g/mol. The van der Waals surface area contributed by atoms with Crippen molar-refractivity contribution in [1.82, 2.24) is 0 Å². The van der Waals surface area contributed by atoms with Crippen molar-refractivity contribution < 1.29 is 32.2 Å². The lowest BCUT2D eigenvalue weighted by Gasteiger charge is -2.35. The normalized spacial score (nSPS) is 20.0. The summed E-state index contributed by atoms with van der Waals surface area (Å²) in [5.74, 6) is -0.802. The zero-order valence-corrected chi connectivity index (χ0v) is 19.3. The number of alkyl halides is 3. The molecule has 1 saturated carbocycles. The van der Waals surface area contributed by atoms with Crippen LogP contribution in [0.25, 0.3) is 11.1 Å². The number of carbonyl (C=O) groups is 1. The van der Waals surface area contributed by atoms with Gasteiger partial charge in [-0.15, -0.1) is 0 Å². The Bertz CT molecular complexity index is 1100. The first-order valence-electron chi connectivity index (χ1n) is 11.5. The van der Waals surface area contributed by atoms with E-state index in [0.29, 0.717) is 25.0 Å². The fraction of sp³-hybridized carbons (Fsp3) is 0.321. The first kappa shape index (κ1) is 24.8. The minimum absolute atomic E-state index is 0.274. The third-order valence-corrected chi connectivity index (χ3v) is 6.29. The summed E-state index contributed by atoms with van der Waals surface area (Å²) < 4.78 is 58.7. The van der Waals surface area contributed by atoms with Crippen LogP contribution in [0.5, 0.6) is 5.75 Å². The summed E-state index contributed by atoms with van der Waals surface area (Å²) in [5.41, 5.74) is -1.36. The number of ether oxygens (including phenoxy) is 3. The molecule has 0 saturated heterocycles. The molecule has 0 N–H and O–H groups in total. The molecule has 0 bridgehead atoms. The number of halogens is 3. The fourth-order valence-corrected chi connectivity index (χ4v) is 4.49. The number of esters is 1. The Balaban J connectivity index is 1.43. The van der Waals surface area contributed by atoms with Gasteiger partial charge in [0.25, 0.3) is 5.60 Å². The maximum absolute atomic E-state index is 14.1. The van der Waals surface area contributed by atoms with Crippen LogP contribution < -0.4 is 4.74 Å². The van der Waals surface area contributed by atoms with Crippen LogP contribution in [0.3, 0.4) is 0 Å². The summed E-state index contributed by atoms with van der Waals surface area (Å²) in [7, 11) is 0.869. The highest BCUT2D eigenvalue weighted by molar-refractivity contribution is 5.82. The van der Waals surface area contributed by atoms with Gasteiger partial charge < -0.3 is 14.2 Å². The van der Waals surface area contributed by atoms with Gasteiger partial charge in [0.05, 0.1) is 0 Å². The van der Waals surface area contributed by atoms with Crippen LogP contribution in [-0.2, 0) is 19.9 Å². The molecule has 0 unspecified atom stereocenters. The number of rotatable bonds is 7. The van der Waals surface area contributed by atoms with E-state index in [9.17, 15) is 18.0 Å². The van der Waals surface area contributed by atoms with Crippen molar-refractivity contribution in [3.05, 3.63) is 90.5 Å². The maximum atomic E-state index is 14.1. The van der Waals surface area contributed by atoms with Gasteiger partial charge in [0.1, 0.15) is 18.0 Å². The molecule has 3 aromatic carbocycles. The molecule has 0 amide bonds. The number of carbonyl (C=O) groups excluding carboxylic acids is 1. The van der Waals surface area contributed by atoms with Crippen LogP contribution in [0.1, 0.15) is 31.2 Å². The van der Waals surface area contributed by atoms with Crippen LogP contribution >= 0.6 is 0 Å². The molecule has 184 valence electrons. The lowest BCUT2D eigenvalue weighted by Crippen LogP contribution is -2.53. The smallest absolute Gasteiger partial charge is 0.432 e. The van der Waals surface area contributed by atoms with Crippen LogP contribution in [0.15, 0.2) is 84.9 Å². The van der Waals surface area contributed by atoms with Crippen molar-refractivity contribution in [2.75, 3.05) is 7.11 Å². The molecule has 1 aliphatic carbocycles. The summed E-state index contributed by atoms with van der Waals surface area (Å²) in [6, 6.07) is 24.4. The molecular formula is C28H27F3O4. The van der Waals surface area contributed by atoms with E-state index in [1.165, 1.54) is 24.3 Å². The van der Waals surface area contributed by atoms with Crippen molar-refractivity contribution in [3.63, 3.8) is 0 Å². The van der Waals surface area contributed by atoms with Gasteiger partial charge in [-0.2, -0.15) is 13.2 Å². The van der Waals surface area contributed by atoms with Gasteiger partial charge in [0, 0.05) is 19.1 Å². The SMILES string of the molecule is CO[C@](C(=O)O[C@@H]1CCC[C@H](Oc2ccc(-c3ccccc3)cc2)C1)(c1ccccc1)C(F)(F)F. The highest BCUT2D eigenvalue weighted by atomic mass is 19.4. The molecule has 35 heavy (non-hydrogen) atoms. The number of benzene rings is 3. The molecule has 0 heterocycles. The van der Waals surface area contributed by atoms with E-state index >= 15 is 0 Å². The molecule has 4 rings (SSSR count). The molecule has 3 atom stereocenters. The van der Waals surface area contributed by atoms with E-state index in [1.54, 1.807) is 6.07 Å². The summed E-state index contributed by atoms with van der Waals surface area (Å²) in [6.07, 6.45) is -3.81. The van der Waals surface area contributed by atoms with E-state index in [1.807, 2.05) is 54.6 Å². The maximum Gasteiger partial charge on any atom is 0.432 e. The zero-order valence-electron chi connectivity index (χ0n) is 19.3. The molecule has 0 aromatic heterocycles. The third-order valence-electron chi connectivity index (χ3n) is 6.29. The minimum Gasteiger partial charge on any atom is -0.490 e. The second-order valence-corrected chi connectivity index (χ2v) is 8.57. The Morgan fingerprint density at radius 3 is 1.97 bits per heavy atom. The average Bonchev–Trinajstić information content (AvgIpc) is 2.86. The van der Waals surface area contributed by atoms with Crippen molar-refractivity contribution >= 4 is 5.97 Å². The summed E-state index contributed by atoms with van der Waals surface area (Å²) in [6.45, 7) is 0. The van der Waals surface area contributed by atoms with E-state index in [-0.39, 0.29) is 11.7 Å². The van der Waals surface area contributed by atoms with E-state index in [0.717, 1.165) is 24.7 Å². The number of hydrogen-bond donors (Lipinski definition) is 0. The van der Waals surface area contributed by atoms with Gasteiger partial charge in [-0.05, 0) is 42.5 Å². The first-order valence-corrected chi connectivity index (χ1v) is 11.5. The van der Waals surface area contributed by atoms with Gasteiger partial charge in [-0.1, -0.05) is 72.8 Å². The third kappa shape index (κ3) is 5.35. The van der Waals surface area contributed by atoms with Gasteiger partial charge in [0.2, 0.25) is 0 Å². The highest BCUT2D eigenvalue weighted by Gasteiger charge is 2.64. The second-order valence-electron chi connectivity index (χ2n) is 8.57. The lowest BCUT2D eigenvalue weighted by molar-refractivity contribution is -0.278. The van der Waals surface area contributed by atoms with E-state index < -0.39 is 23.9 Å². The fourth-order valence-electron chi connectivity index (χ4n) is 4.49. The second kappa shape index (κ2) is 10.5. The molecular weight excluding hydrogens is 457 g/mol. The van der Waals surface area contributed by atoms with Crippen molar-refractivity contribution in [1.29, 1.82) is 0 Å². The molecule has 0 spiro atoms. The Labute approximate surface area is 202 Å². The Kier molecular flexibility index (Phi) is 7.45. The Morgan fingerprint density at radius 1 is 0.800 bits per heavy atom. The van der Waals surface area contributed by atoms with Crippen LogP contribution in [0.4, 0.5) is 13.2 Å². The first-order chi connectivity index (χ1) is 16.8. The van der Waals surface area contributed by atoms with E-state index in [2.05, 4.69) is 0 Å². The molecule has 4 nitrogen and oxygen atoms in total. The predicted octanol–water partition coefficient (Wildman–Crippen LogP) is 6.69. The topological polar surface area (TPSA) is 44.8 Å². The molecule has 1 aliphatic rings. The quantitative estimate of drug-likeness (QED) is 0.351. The lowest BCUT2D eigenvalue weighted by atomic mass is 9.91. The summed E-state index contributed by atoms with van der Waals surface area (Å²) in [4.78, 5) is 12.9. The average molecular weight is 485 g/mol. The van der Waals surface area contributed by atoms with E-state index in [4.69, 9.17) is 14.2 Å². The number of methoxy groups -OCH3 is 1. The van der Waals surface area contributed by atoms with Gasteiger partial charge in [0.15, 0.2) is 0 Å². The Hall–Kier alpha value is -3.32. The summed E-state index contributed by atoms with van der Waals surface area (Å²) >= 11 is 0. The minimum atomic E-state index is -4.99. The molecule has 1 fully saturated rings. The highest BCUT2D eigenvalue weighted by Crippen LogP contribution is 2.43. The van der Waals surface area contributed by atoms with Crippen LogP contribution in [-0.4, -0.2) is 31.5 Å². The molecule has 7 heteroatoms. The van der Waals surface area contributed by atoms with Crippen molar-refractivity contribution in [2.45, 2.75) is 49.7 Å². The van der Waals surface area contributed by atoms with Gasteiger partial charge in [-0.3, -0.25) is 0 Å². The standard InChI is InChI=1S/C28H27F3O4/c1-33-27(28(29,30)31,22-11-6-3-7-12-22)26(32)35-25-14-8-13-24(19-25)34-23-17-15-21(16-18-23)20-9-4-2-5-10-20/h2-7,9-12,15-18,24-25H,8,13-14,19H2,1H3/t24-,25+,27-/m0/s1. The van der Waals surface area contributed by atoms with Gasteiger partial charge in [-0.25, -0.2) is 4.79 Å². The van der Waals surface area contributed by atoms with Crippen molar-refractivity contribution in [3.8, 4) is 16.9 Å². The molecule has 0 radical (unpaired) electrons. The van der Waals surface area contributed by atoms with Crippen LogP contribution in [0, 0.1) is 0 Å². The predicted molar refractivity (Wildman–Crippen MR) is 126 cm³/mol. The Morgan fingerprint density at radius 2 is 1.37 bits per heavy atom. The van der Waals surface area contributed by atoms with Gasteiger partial charge >= 0.3 is 12.1 Å². The summed E-state index contributed by atoms with van der Waals surface area (Å²) in [5, 5.41) is 0. The zero-order chi connectivity index (χ0) is 24.9. The largest absolute Gasteiger partial charge is 0.490 e.